The van der Waals surface area contributed by atoms with Crippen LogP contribution in [0.15, 0.2) is 42.5 Å². The summed E-state index contributed by atoms with van der Waals surface area (Å²) in [5.41, 5.74) is 2.81. The highest BCUT2D eigenvalue weighted by molar-refractivity contribution is 7.87. The van der Waals surface area contributed by atoms with Gasteiger partial charge in [-0.1, -0.05) is 63.2 Å². The fraction of sp³-hybridized carbons (Fsp3) is 0.417. The van der Waals surface area contributed by atoms with E-state index in [4.69, 9.17) is 4.74 Å². The Balaban J connectivity index is 2.53. The SMILES string of the molecule is CCOC(=O)CCP(=O)(C(=O)c1c(C)cc(C(C)(C)C)cc1C)c1ccccc1. The van der Waals surface area contributed by atoms with Crippen molar-refractivity contribution in [3.8, 4) is 0 Å². The van der Waals surface area contributed by atoms with Gasteiger partial charge in [-0.3, -0.25) is 9.59 Å². The van der Waals surface area contributed by atoms with Gasteiger partial charge in [0.05, 0.1) is 13.0 Å². The van der Waals surface area contributed by atoms with Gasteiger partial charge in [-0.05, 0) is 42.9 Å². The quantitative estimate of drug-likeness (QED) is 0.451. The first-order chi connectivity index (χ1) is 13.5. The maximum Gasteiger partial charge on any atom is 0.306 e. The summed E-state index contributed by atoms with van der Waals surface area (Å²) in [6.45, 7) is 12.1. The lowest BCUT2D eigenvalue weighted by Crippen LogP contribution is -2.20. The minimum atomic E-state index is -3.51. The summed E-state index contributed by atoms with van der Waals surface area (Å²) in [6, 6.07) is 12.8. The number of aryl methyl sites for hydroxylation is 2. The van der Waals surface area contributed by atoms with Crippen molar-refractivity contribution >= 4 is 23.9 Å². The van der Waals surface area contributed by atoms with Gasteiger partial charge in [-0.15, -0.1) is 0 Å². The van der Waals surface area contributed by atoms with Gasteiger partial charge in [-0.2, -0.15) is 0 Å². The molecule has 0 bridgehead atoms. The van der Waals surface area contributed by atoms with E-state index in [0.29, 0.717) is 10.9 Å². The lowest BCUT2D eigenvalue weighted by atomic mass is 9.84. The number of carbonyl (C=O) groups excluding carboxylic acids is 2. The Morgan fingerprint density at radius 2 is 1.55 bits per heavy atom. The predicted molar refractivity (Wildman–Crippen MR) is 119 cm³/mol. The zero-order valence-corrected chi connectivity index (χ0v) is 19.1. The minimum Gasteiger partial charge on any atom is -0.466 e. The highest BCUT2D eigenvalue weighted by Gasteiger charge is 2.37. The van der Waals surface area contributed by atoms with Crippen molar-refractivity contribution in [2.75, 3.05) is 12.8 Å². The molecule has 2 aromatic rings. The third-order valence-electron chi connectivity index (χ3n) is 5.05. The lowest BCUT2D eigenvalue weighted by molar-refractivity contribution is -0.142. The Hall–Kier alpha value is -2.19. The van der Waals surface area contributed by atoms with Crippen LogP contribution < -0.4 is 5.30 Å². The number of benzene rings is 2. The second-order valence-electron chi connectivity index (χ2n) is 8.39. The molecule has 2 rings (SSSR count). The summed E-state index contributed by atoms with van der Waals surface area (Å²) in [7, 11) is -3.51. The van der Waals surface area contributed by atoms with Gasteiger partial charge in [0.2, 0.25) is 5.52 Å². The van der Waals surface area contributed by atoms with E-state index in [-0.39, 0.29) is 30.1 Å². The topological polar surface area (TPSA) is 60.4 Å². The van der Waals surface area contributed by atoms with Crippen LogP contribution in [0.2, 0.25) is 0 Å². The average molecular weight is 414 g/mol. The van der Waals surface area contributed by atoms with E-state index in [9.17, 15) is 14.2 Å². The monoisotopic (exact) mass is 414 g/mol. The molecule has 0 radical (unpaired) electrons. The van der Waals surface area contributed by atoms with Crippen molar-refractivity contribution < 1.29 is 18.9 Å². The number of hydrogen-bond acceptors (Lipinski definition) is 4. The fourth-order valence-corrected chi connectivity index (χ4v) is 5.97. The predicted octanol–water partition coefficient (Wildman–Crippen LogP) is 5.38. The molecule has 0 spiro atoms. The van der Waals surface area contributed by atoms with Crippen molar-refractivity contribution in [3.63, 3.8) is 0 Å². The van der Waals surface area contributed by atoms with Crippen LogP contribution in [0.25, 0.3) is 0 Å². The molecule has 156 valence electrons. The number of hydrogen-bond donors (Lipinski definition) is 0. The number of esters is 1. The standard InChI is InChI=1S/C24H31O4P/c1-7-28-21(25)13-14-29(27,20-11-9-8-10-12-20)23(26)22-17(2)15-19(16-18(22)3)24(4,5)6/h8-12,15-16H,7,13-14H2,1-6H3. The molecule has 0 aliphatic carbocycles. The molecule has 5 heteroatoms. The first kappa shape index (κ1) is 23.1. The van der Waals surface area contributed by atoms with Gasteiger partial charge in [0, 0.05) is 17.0 Å². The van der Waals surface area contributed by atoms with Crippen LogP contribution in [0.1, 0.15) is 61.2 Å². The van der Waals surface area contributed by atoms with E-state index in [1.807, 2.05) is 32.0 Å². The first-order valence-corrected chi connectivity index (χ1v) is 11.9. The molecule has 2 aromatic carbocycles. The van der Waals surface area contributed by atoms with Gasteiger partial charge in [0.15, 0.2) is 7.14 Å². The third-order valence-corrected chi connectivity index (χ3v) is 7.92. The van der Waals surface area contributed by atoms with E-state index in [1.165, 1.54) is 0 Å². The summed E-state index contributed by atoms with van der Waals surface area (Å²) >= 11 is 0. The number of rotatable bonds is 7. The maximum atomic E-state index is 14.1. The third kappa shape index (κ3) is 5.25. The van der Waals surface area contributed by atoms with Crippen LogP contribution >= 0.6 is 7.14 Å². The highest BCUT2D eigenvalue weighted by Crippen LogP contribution is 2.49. The van der Waals surface area contributed by atoms with Gasteiger partial charge in [0.1, 0.15) is 0 Å². The molecule has 0 heterocycles. The second-order valence-corrected chi connectivity index (χ2v) is 11.2. The zero-order chi connectivity index (χ0) is 21.8. The number of carbonyl (C=O) groups is 2. The molecule has 0 aromatic heterocycles. The van der Waals surface area contributed by atoms with E-state index >= 15 is 0 Å². The van der Waals surface area contributed by atoms with E-state index in [0.717, 1.165) is 16.7 Å². The van der Waals surface area contributed by atoms with Crippen molar-refractivity contribution in [1.82, 2.24) is 0 Å². The van der Waals surface area contributed by atoms with Crippen LogP contribution in [-0.2, 0) is 19.5 Å². The van der Waals surface area contributed by atoms with Gasteiger partial charge in [-0.25, -0.2) is 0 Å². The molecule has 0 aliphatic rings. The van der Waals surface area contributed by atoms with Crippen LogP contribution in [0.5, 0.6) is 0 Å². The largest absolute Gasteiger partial charge is 0.466 e. The Morgan fingerprint density at radius 1 is 1.00 bits per heavy atom. The van der Waals surface area contributed by atoms with Gasteiger partial charge in [0.25, 0.3) is 0 Å². The molecule has 0 amide bonds. The minimum absolute atomic E-state index is 0.0332. The molecule has 0 N–H and O–H groups in total. The smallest absolute Gasteiger partial charge is 0.306 e. The molecular formula is C24H31O4P. The molecule has 0 saturated heterocycles. The van der Waals surface area contributed by atoms with Crippen LogP contribution in [0.4, 0.5) is 0 Å². The Morgan fingerprint density at radius 3 is 2.03 bits per heavy atom. The number of ether oxygens (including phenoxy) is 1. The van der Waals surface area contributed by atoms with E-state index in [1.54, 1.807) is 31.2 Å². The van der Waals surface area contributed by atoms with Crippen molar-refractivity contribution in [3.05, 3.63) is 64.7 Å². The van der Waals surface area contributed by atoms with Crippen LogP contribution in [-0.4, -0.2) is 24.3 Å². The summed E-state index contributed by atoms with van der Waals surface area (Å²) in [5, 5.41) is 0.480. The molecule has 0 fully saturated rings. The van der Waals surface area contributed by atoms with Crippen molar-refractivity contribution in [1.29, 1.82) is 0 Å². The Bertz CT molecular complexity index is 916. The van der Waals surface area contributed by atoms with Gasteiger partial charge < -0.3 is 9.30 Å². The maximum absolute atomic E-state index is 14.1. The van der Waals surface area contributed by atoms with Crippen molar-refractivity contribution in [2.24, 2.45) is 0 Å². The zero-order valence-electron chi connectivity index (χ0n) is 18.2. The fourth-order valence-electron chi connectivity index (χ4n) is 3.41. The molecule has 0 saturated carbocycles. The molecule has 29 heavy (non-hydrogen) atoms. The second kappa shape index (κ2) is 9.09. The molecule has 4 nitrogen and oxygen atoms in total. The highest BCUT2D eigenvalue weighted by atomic mass is 31.2. The molecule has 1 unspecified atom stereocenters. The Kier molecular flexibility index (Phi) is 7.24. The lowest BCUT2D eigenvalue weighted by Gasteiger charge is -2.24. The normalized spacial score (nSPS) is 13.6. The summed E-state index contributed by atoms with van der Waals surface area (Å²) in [6.07, 6.45) is -0.0848. The Labute approximate surface area is 174 Å². The summed E-state index contributed by atoms with van der Waals surface area (Å²) in [4.78, 5) is 25.5. The van der Waals surface area contributed by atoms with Crippen molar-refractivity contribution in [2.45, 2.75) is 53.4 Å². The van der Waals surface area contributed by atoms with Gasteiger partial charge >= 0.3 is 5.97 Å². The molecule has 0 aliphatic heterocycles. The summed E-state index contributed by atoms with van der Waals surface area (Å²) in [5.74, 6) is -0.437. The van der Waals surface area contributed by atoms with Crippen LogP contribution in [0, 0.1) is 13.8 Å². The van der Waals surface area contributed by atoms with E-state index in [2.05, 4.69) is 20.8 Å². The first-order valence-electron chi connectivity index (χ1n) is 9.97. The van der Waals surface area contributed by atoms with Crippen LogP contribution in [0.3, 0.4) is 0 Å². The summed E-state index contributed by atoms with van der Waals surface area (Å²) < 4.78 is 19.0. The van der Waals surface area contributed by atoms with E-state index < -0.39 is 13.1 Å². The average Bonchev–Trinajstić information content (AvgIpc) is 2.65. The molecule has 1 atom stereocenters. The molecular weight excluding hydrogens is 383 g/mol.